The summed E-state index contributed by atoms with van der Waals surface area (Å²) < 4.78 is 5.78. The summed E-state index contributed by atoms with van der Waals surface area (Å²) in [4.78, 5) is 26.4. The van der Waals surface area contributed by atoms with Crippen LogP contribution in [-0.2, 0) is 0 Å². The molecular formula is C25H17N3O3S2. The molecule has 0 unspecified atom stereocenters. The van der Waals surface area contributed by atoms with Crippen LogP contribution in [0.3, 0.4) is 0 Å². The van der Waals surface area contributed by atoms with Crippen molar-refractivity contribution in [2.75, 3.05) is 5.32 Å². The number of para-hydroxylation sites is 2. The molecule has 0 aliphatic rings. The van der Waals surface area contributed by atoms with E-state index in [0.29, 0.717) is 21.0 Å². The van der Waals surface area contributed by atoms with E-state index in [1.165, 1.54) is 22.7 Å². The van der Waals surface area contributed by atoms with Crippen molar-refractivity contribution in [2.24, 2.45) is 0 Å². The van der Waals surface area contributed by atoms with Gasteiger partial charge < -0.3 is 10.1 Å². The number of ether oxygens (including phenoxy) is 1. The fraction of sp³-hybridized carbons (Fsp3) is 0. The number of carbonyl (C=O) groups is 2. The van der Waals surface area contributed by atoms with Crippen molar-refractivity contribution in [3.05, 3.63) is 98.5 Å². The number of thiophene rings is 2. The number of rotatable bonds is 6. The Morgan fingerprint density at radius 2 is 1.67 bits per heavy atom. The summed E-state index contributed by atoms with van der Waals surface area (Å²) in [6.45, 7) is 0. The fourth-order valence-corrected chi connectivity index (χ4v) is 4.53. The van der Waals surface area contributed by atoms with Gasteiger partial charge in [-0.15, -0.1) is 22.7 Å². The van der Waals surface area contributed by atoms with E-state index in [1.54, 1.807) is 30.3 Å². The molecule has 3 heterocycles. The molecule has 5 aromatic rings. The van der Waals surface area contributed by atoms with Gasteiger partial charge in [0.25, 0.3) is 5.91 Å². The summed E-state index contributed by atoms with van der Waals surface area (Å²) in [7, 11) is 0. The Labute approximate surface area is 197 Å². The molecule has 3 aromatic heterocycles. The van der Waals surface area contributed by atoms with Crippen molar-refractivity contribution >= 4 is 63.3 Å². The van der Waals surface area contributed by atoms with Crippen molar-refractivity contribution in [1.82, 2.24) is 10.2 Å². The number of nitrogens with zero attached hydrogens (tertiary/aromatic N) is 1. The topological polar surface area (TPSA) is 84.1 Å². The van der Waals surface area contributed by atoms with Crippen LogP contribution in [0.4, 0.5) is 5.69 Å². The molecule has 33 heavy (non-hydrogen) atoms. The molecule has 0 spiro atoms. The lowest BCUT2D eigenvalue weighted by atomic mass is 10.1. The fourth-order valence-electron chi connectivity index (χ4n) is 3.31. The van der Waals surface area contributed by atoms with Crippen LogP contribution in [0.25, 0.3) is 23.1 Å². The van der Waals surface area contributed by atoms with E-state index in [9.17, 15) is 9.59 Å². The normalized spacial score (nSPS) is 11.2. The molecule has 0 bridgehead atoms. The lowest BCUT2D eigenvalue weighted by Crippen LogP contribution is -2.14. The molecular weight excluding hydrogens is 454 g/mol. The van der Waals surface area contributed by atoms with Crippen LogP contribution in [0.1, 0.15) is 30.6 Å². The number of hydrogen-bond acceptors (Lipinski definition) is 6. The number of H-pyrrole nitrogens is 1. The number of aromatic amines is 1. The highest BCUT2D eigenvalue weighted by Gasteiger charge is 2.18. The first-order valence-corrected chi connectivity index (χ1v) is 11.8. The smallest absolute Gasteiger partial charge is 0.353 e. The van der Waals surface area contributed by atoms with Gasteiger partial charge >= 0.3 is 5.97 Å². The highest BCUT2D eigenvalue weighted by Crippen LogP contribution is 2.33. The third-order valence-corrected chi connectivity index (χ3v) is 6.59. The van der Waals surface area contributed by atoms with Crippen LogP contribution in [0.15, 0.2) is 77.5 Å². The first-order valence-electron chi connectivity index (χ1n) is 10.0. The van der Waals surface area contributed by atoms with Gasteiger partial charge in [0.15, 0.2) is 5.75 Å². The zero-order valence-corrected chi connectivity index (χ0v) is 18.8. The Morgan fingerprint density at radius 1 is 0.879 bits per heavy atom. The number of amides is 1. The molecule has 0 aliphatic carbocycles. The molecule has 0 atom stereocenters. The van der Waals surface area contributed by atoms with Gasteiger partial charge in [-0.05, 0) is 47.2 Å². The van der Waals surface area contributed by atoms with Crippen molar-refractivity contribution in [3.63, 3.8) is 0 Å². The number of benzene rings is 2. The van der Waals surface area contributed by atoms with Crippen LogP contribution < -0.4 is 10.1 Å². The molecule has 0 radical (unpaired) electrons. The molecule has 0 aliphatic heterocycles. The summed E-state index contributed by atoms with van der Waals surface area (Å²) >= 11 is 2.63. The van der Waals surface area contributed by atoms with Crippen molar-refractivity contribution in [3.8, 4) is 5.75 Å². The maximum Gasteiger partial charge on any atom is 0.353 e. The van der Waals surface area contributed by atoms with E-state index in [2.05, 4.69) is 15.5 Å². The molecule has 5 rings (SSSR count). The van der Waals surface area contributed by atoms with E-state index in [0.717, 1.165) is 16.6 Å². The second-order valence-electron chi connectivity index (χ2n) is 7.01. The Bertz CT molecular complexity index is 1450. The highest BCUT2D eigenvalue weighted by molar-refractivity contribution is 7.12. The van der Waals surface area contributed by atoms with Gasteiger partial charge in [-0.2, -0.15) is 5.10 Å². The number of nitrogens with one attached hydrogen (secondary N) is 2. The summed E-state index contributed by atoms with van der Waals surface area (Å²) in [6.07, 6.45) is 3.67. The summed E-state index contributed by atoms with van der Waals surface area (Å²) in [5, 5.41) is 14.9. The Hall–Kier alpha value is -4.01. The highest BCUT2D eigenvalue weighted by atomic mass is 32.1. The van der Waals surface area contributed by atoms with Crippen LogP contribution in [0.5, 0.6) is 5.75 Å². The zero-order valence-electron chi connectivity index (χ0n) is 17.1. The summed E-state index contributed by atoms with van der Waals surface area (Å²) in [6, 6.07) is 20.2. The number of esters is 1. The van der Waals surface area contributed by atoms with E-state index < -0.39 is 5.97 Å². The first kappa shape index (κ1) is 20.9. The third-order valence-electron chi connectivity index (χ3n) is 4.88. The minimum absolute atomic E-state index is 0.266. The van der Waals surface area contributed by atoms with Gasteiger partial charge in [-0.25, -0.2) is 4.79 Å². The van der Waals surface area contributed by atoms with Crippen LogP contribution >= 0.6 is 22.7 Å². The average Bonchev–Trinajstić information content (AvgIpc) is 3.61. The number of hydrogen-bond donors (Lipinski definition) is 2. The summed E-state index contributed by atoms with van der Waals surface area (Å²) in [5.74, 6) is -0.475. The van der Waals surface area contributed by atoms with Gasteiger partial charge in [0, 0.05) is 10.9 Å². The lowest BCUT2D eigenvalue weighted by molar-refractivity contribution is 0.0739. The van der Waals surface area contributed by atoms with E-state index >= 15 is 0 Å². The standard InChI is InChI=1S/C25H17N3O3S2/c29-24(21-10-4-14-32-21)26-20-9-3-6-16(23(20)31-25(30)22-11-5-15-33-22)12-13-19-17-7-1-2-8-18(17)27-28-19/h1-15H,(H,26,29)(H,27,28). The van der Waals surface area contributed by atoms with E-state index in [4.69, 9.17) is 4.74 Å². The molecule has 162 valence electrons. The van der Waals surface area contributed by atoms with Gasteiger partial charge in [-0.1, -0.05) is 42.5 Å². The molecule has 0 saturated carbocycles. The quantitative estimate of drug-likeness (QED) is 0.224. The second-order valence-corrected chi connectivity index (χ2v) is 8.91. The largest absolute Gasteiger partial charge is 0.419 e. The van der Waals surface area contributed by atoms with Gasteiger partial charge in [-0.3, -0.25) is 9.89 Å². The van der Waals surface area contributed by atoms with Gasteiger partial charge in [0.1, 0.15) is 4.88 Å². The second kappa shape index (κ2) is 9.23. The number of aromatic nitrogens is 2. The summed E-state index contributed by atoms with van der Waals surface area (Å²) in [5.41, 5.74) is 2.73. The average molecular weight is 472 g/mol. The van der Waals surface area contributed by atoms with Crippen molar-refractivity contribution < 1.29 is 14.3 Å². The Morgan fingerprint density at radius 3 is 2.45 bits per heavy atom. The predicted molar refractivity (Wildman–Crippen MR) is 133 cm³/mol. The van der Waals surface area contributed by atoms with Crippen molar-refractivity contribution in [1.29, 1.82) is 0 Å². The first-order chi connectivity index (χ1) is 16.2. The maximum absolute atomic E-state index is 12.7. The van der Waals surface area contributed by atoms with E-state index in [1.807, 2.05) is 59.3 Å². The predicted octanol–water partition coefficient (Wildman–Crippen LogP) is 6.33. The molecule has 2 N–H and O–H groups in total. The number of carbonyl (C=O) groups excluding carboxylic acids is 2. The third kappa shape index (κ3) is 4.48. The van der Waals surface area contributed by atoms with E-state index in [-0.39, 0.29) is 11.7 Å². The minimum Gasteiger partial charge on any atom is -0.419 e. The van der Waals surface area contributed by atoms with Gasteiger partial charge in [0.2, 0.25) is 0 Å². The molecule has 0 saturated heterocycles. The monoisotopic (exact) mass is 471 g/mol. The number of anilines is 1. The molecule has 6 nitrogen and oxygen atoms in total. The molecule has 0 fully saturated rings. The Kier molecular flexibility index (Phi) is 5.84. The molecule has 1 amide bonds. The zero-order chi connectivity index (χ0) is 22.6. The number of fused-ring (bicyclic) bond motifs is 1. The van der Waals surface area contributed by atoms with Crippen LogP contribution in [0, 0.1) is 0 Å². The van der Waals surface area contributed by atoms with Crippen LogP contribution in [0.2, 0.25) is 0 Å². The SMILES string of the molecule is O=C(Nc1cccc(C=Cc2n[nH]c3ccccc23)c1OC(=O)c1cccs1)c1cccs1. The van der Waals surface area contributed by atoms with Crippen molar-refractivity contribution in [2.45, 2.75) is 0 Å². The molecule has 8 heteroatoms. The minimum atomic E-state index is -0.484. The van der Waals surface area contributed by atoms with Gasteiger partial charge in [0.05, 0.1) is 21.8 Å². The van der Waals surface area contributed by atoms with Crippen LogP contribution in [-0.4, -0.2) is 22.1 Å². The Balaban J connectivity index is 1.51. The lowest BCUT2D eigenvalue weighted by Gasteiger charge is -2.13. The molecule has 2 aromatic carbocycles. The maximum atomic E-state index is 12.7.